The van der Waals surface area contributed by atoms with E-state index in [9.17, 15) is 23.1 Å². The molecule has 1 saturated heterocycles. The lowest BCUT2D eigenvalue weighted by molar-refractivity contribution is -0.138. The number of nitrogens with one attached hydrogen (secondary N) is 2. The third-order valence-electron chi connectivity index (χ3n) is 6.01. The molecule has 1 heterocycles. The number of rotatable bonds is 10. The minimum absolute atomic E-state index is 0. The van der Waals surface area contributed by atoms with Gasteiger partial charge in [-0.3, -0.25) is 20.0 Å². The Morgan fingerprint density at radius 2 is 1.45 bits per heavy atom. The molecule has 0 saturated carbocycles. The predicted octanol–water partition coefficient (Wildman–Crippen LogP) is 2.95. The van der Waals surface area contributed by atoms with Gasteiger partial charge < -0.3 is 10.8 Å². The predicted molar refractivity (Wildman–Crippen MR) is 149 cm³/mol. The Hall–Kier alpha value is -3.93. The SMILES string of the molecule is Cl.N=C(N)c1ccc(N2CCN(c3ccc(CC(NS(=O)(=O)Cc4ccccc4)C(=O)O)cc3)C2=O)cc1. The molecule has 10 nitrogen and oxygen atoms in total. The first-order valence-electron chi connectivity index (χ1n) is 11.5. The molecule has 4 rings (SSSR count). The highest BCUT2D eigenvalue weighted by Crippen LogP contribution is 2.26. The van der Waals surface area contributed by atoms with Crippen LogP contribution in [0.25, 0.3) is 0 Å². The summed E-state index contributed by atoms with van der Waals surface area (Å²) in [6.07, 6.45) is -0.0494. The number of hydrogen-bond acceptors (Lipinski definition) is 5. The number of nitrogens with zero attached hydrogens (tertiary/aromatic N) is 2. The molecule has 200 valence electrons. The number of urea groups is 1. The molecule has 1 atom stereocenters. The van der Waals surface area contributed by atoms with Crippen molar-refractivity contribution >= 4 is 51.6 Å². The van der Waals surface area contributed by atoms with Gasteiger partial charge in [0.15, 0.2) is 0 Å². The Labute approximate surface area is 227 Å². The van der Waals surface area contributed by atoms with Crippen LogP contribution in [0.2, 0.25) is 0 Å². The maximum Gasteiger partial charge on any atom is 0.329 e. The molecule has 3 aromatic carbocycles. The zero-order valence-electron chi connectivity index (χ0n) is 20.3. The van der Waals surface area contributed by atoms with Crippen LogP contribution in [0.1, 0.15) is 16.7 Å². The van der Waals surface area contributed by atoms with Crippen LogP contribution < -0.4 is 20.3 Å². The monoisotopic (exact) mass is 557 g/mol. The van der Waals surface area contributed by atoms with E-state index in [4.69, 9.17) is 11.1 Å². The van der Waals surface area contributed by atoms with Gasteiger partial charge >= 0.3 is 12.0 Å². The summed E-state index contributed by atoms with van der Waals surface area (Å²) >= 11 is 0. The van der Waals surface area contributed by atoms with Gasteiger partial charge in [-0.05, 0) is 53.9 Å². The molecular formula is C26H28ClN5O5S. The molecule has 0 aliphatic carbocycles. The maximum atomic E-state index is 13.0. The number of sulfonamides is 1. The fraction of sp³-hybridized carbons (Fsp3) is 0.192. The summed E-state index contributed by atoms with van der Waals surface area (Å²) in [5.41, 5.74) is 8.58. The van der Waals surface area contributed by atoms with Crippen LogP contribution in [0.15, 0.2) is 78.9 Å². The number of anilines is 2. The summed E-state index contributed by atoms with van der Waals surface area (Å²) in [5.74, 6) is -1.64. The third-order valence-corrected chi connectivity index (χ3v) is 7.36. The number of hydrogen-bond donors (Lipinski definition) is 4. The van der Waals surface area contributed by atoms with Crippen LogP contribution >= 0.6 is 12.4 Å². The number of aliphatic carboxylic acids is 1. The number of nitrogen functional groups attached to an aromatic ring is 1. The molecule has 2 amide bonds. The van der Waals surface area contributed by atoms with Crippen LogP contribution in [0.4, 0.5) is 16.2 Å². The first-order valence-corrected chi connectivity index (χ1v) is 13.2. The van der Waals surface area contributed by atoms with Crippen molar-refractivity contribution in [1.82, 2.24) is 4.72 Å². The number of amides is 2. The molecule has 5 N–H and O–H groups in total. The number of carbonyl (C=O) groups is 2. The Bertz CT molecular complexity index is 1400. The molecule has 0 spiro atoms. The highest BCUT2D eigenvalue weighted by molar-refractivity contribution is 7.88. The first kappa shape index (κ1) is 28.6. The zero-order chi connectivity index (χ0) is 26.6. The highest BCUT2D eigenvalue weighted by Gasteiger charge is 2.31. The first-order chi connectivity index (χ1) is 17.6. The van der Waals surface area contributed by atoms with Gasteiger partial charge in [-0.25, -0.2) is 17.9 Å². The number of halogens is 1. The molecule has 38 heavy (non-hydrogen) atoms. The molecule has 12 heteroatoms. The summed E-state index contributed by atoms with van der Waals surface area (Å²) in [4.78, 5) is 28.0. The fourth-order valence-electron chi connectivity index (χ4n) is 4.12. The van der Waals surface area contributed by atoms with E-state index in [1.54, 1.807) is 88.7 Å². The Morgan fingerprint density at radius 3 is 1.95 bits per heavy atom. The zero-order valence-corrected chi connectivity index (χ0v) is 21.9. The summed E-state index contributed by atoms with van der Waals surface area (Å²) < 4.78 is 27.3. The van der Waals surface area contributed by atoms with Gasteiger partial charge in [0.2, 0.25) is 10.0 Å². The highest BCUT2D eigenvalue weighted by atomic mass is 35.5. The van der Waals surface area contributed by atoms with Crippen LogP contribution in [-0.4, -0.2) is 50.5 Å². The second kappa shape index (κ2) is 12.1. The van der Waals surface area contributed by atoms with Crippen molar-refractivity contribution in [2.24, 2.45) is 5.73 Å². The molecule has 0 bridgehead atoms. The number of carboxylic acids is 1. The second-order valence-corrected chi connectivity index (χ2v) is 10.4. The van der Waals surface area contributed by atoms with E-state index in [-0.39, 0.29) is 36.4 Å². The smallest absolute Gasteiger partial charge is 0.329 e. The number of carbonyl (C=O) groups excluding carboxylic acids is 1. The van der Waals surface area contributed by atoms with Crippen molar-refractivity contribution in [1.29, 1.82) is 5.41 Å². The lowest BCUT2D eigenvalue weighted by Crippen LogP contribution is -2.42. The standard InChI is InChI=1S/C26H27N5O5S.ClH/c27-24(28)20-8-12-22(13-9-20)31-15-14-30(26(31)34)21-10-6-18(7-11-21)16-23(25(32)33)29-37(35,36)17-19-4-2-1-3-5-19;/h1-13,23,29H,14-17H2,(H3,27,28)(H,32,33);1H. The van der Waals surface area contributed by atoms with E-state index in [2.05, 4.69) is 4.72 Å². The van der Waals surface area contributed by atoms with E-state index in [0.717, 1.165) is 0 Å². The fourth-order valence-corrected chi connectivity index (χ4v) is 5.45. The minimum atomic E-state index is -3.88. The molecule has 3 aromatic rings. The number of carboxylic acid groups (broad SMARTS) is 1. The summed E-state index contributed by atoms with van der Waals surface area (Å²) in [6.45, 7) is 0.938. The van der Waals surface area contributed by atoms with Crippen molar-refractivity contribution in [2.45, 2.75) is 18.2 Å². The van der Waals surface area contributed by atoms with Gasteiger partial charge in [0.05, 0.1) is 5.75 Å². The van der Waals surface area contributed by atoms with Crippen molar-refractivity contribution in [3.8, 4) is 0 Å². The van der Waals surface area contributed by atoms with E-state index in [1.807, 2.05) is 0 Å². The molecule has 1 aliphatic heterocycles. The molecule has 1 unspecified atom stereocenters. The minimum Gasteiger partial charge on any atom is -0.480 e. The lowest BCUT2D eigenvalue weighted by Gasteiger charge is -2.20. The third kappa shape index (κ3) is 6.88. The van der Waals surface area contributed by atoms with Crippen molar-refractivity contribution in [2.75, 3.05) is 22.9 Å². The van der Waals surface area contributed by atoms with Gasteiger partial charge in [-0.1, -0.05) is 42.5 Å². The largest absolute Gasteiger partial charge is 0.480 e. The number of benzene rings is 3. The summed E-state index contributed by atoms with van der Waals surface area (Å²) in [6, 6.07) is 20.7. The summed E-state index contributed by atoms with van der Waals surface area (Å²) in [7, 11) is -3.88. The van der Waals surface area contributed by atoms with Gasteiger partial charge in [0.25, 0.3) is 0 Å². The van der Waals surface area contributed by atoms with Gasteiger partial charge in [0.1, 0.15) is 11.9 Å². The Kier molecular flexibility index (Phi) is 9.10. The summed E-state index contributed by atoms with van der Waals surface area (Å²) in [5, 5.41) is 17.1. The van der Waals surface area contributed by atoms with E-state index < -0.39 is 22.0 Å². The Morgan fingerprint density at radius 1 is 0.921 bits per heavy atom. The van der Waals surface area contributed by atoms with E-state index in [1.165, 1.54) is 0 Å². The lowest BCUT2D eigenvalue weighted by atomic mass is 10.1. The molecule has 0 aromatic heterocycles. The molecule has 1 fully saturated rings. The van der Waals surface area contributed by atoms with E-state index in [0.29, 0.717) is 41.2 Å². The normalized spacial score (nSPS) is 14.2. The molecule has 0 radical (unpaired) electrons. The van der Waals surface area contributed by atoms with Crippen molar-refractivity contribution in [3.05, 3.63) is 95.6 Å². The van der Waals surface area contributed by atoms with Crippen molar-refractivity contribution < 1.29 is 23.1 Å². The van der Waals surface area contributed by atoms with Gasteiger partial charge in [-0.2, -0.15) is 0 Å². The average molecular weight is 558 g/mol. The maximum absolute atomic E-state index is 13.0. The van der Waals surface area contributed by atoms with Gasteiger partial charge in [-0.15, -0.1) is 12.4 Å². The number of nitrogens with two attached hydrogens (primary N) is 1. The molecule has 1 aliphatic rings. The van der Waals surface area contributed by atoms with Gasteiger partial charge in [0, 0.05) is 30.0 Å². The average Bonchev–Trinajstić information content (AvgIpc) is 3.25. The van der Waals surface area contributed by atoms with Crippen LogP contribution in [-0.2, 0) is 27.0 Å². The second-order valence-electron chi connectivity index (χ2n) is 8.67. The Balaban J connectivity index is 0.00000400. The van der Waals surface area contributed by atoms with Crippen molar-refractivity contribution in [3.63, 3.8) is 0 Å². The quantitative estimate of drug-likeness (QED) is 0.222. The number of amidine groups is 1. The van der Waals surface area contributed by atoms with E-state index >= 15 is 0 Å². The van der Waals surface area contributed by atoms with Crippen LogP contribution in [0, 0.1) is 5.41 Å². The topological polar surface area (TPSA) is 157 Å². The van der Waals surface area contributed by atoms with Crippen LogP contribution in [0.5, 0.6) is 0 Å². The van der Waals surface area contributed by atoms with Crippen LogP contribution in [0.3, 0.4) is 0 Å². The molecular weight excluding hydrogens is 530 g/mol.